The standard InChI is InChI=1S/C16H22BrNO/c1-11-8-13(17)9-12(2)15(11)18-14-4-7-19-16(10-14)5-3-6-16/h8-9,14,18H,3-7,10H2,1-2H3. The lowest BCUT2D eigenvalue weighted by Crippen LogP contribution is -2.49. The van der Waals surface area contributed by atoms with Crippen LogP contribution in [-0.4, -0.2) is 18.2 Å². The summed E-state index contributed by atoms with van der Waals surface area (Å²) in [5.41, 5.74) is 4.17. The van der Waals surface area contributed by atoms with Crippen LogP contribution in [0.5, 0.6) is 0 Å². The second kappa shape index (κ2) is 5.10. The first kappa shape index (κ1) is 13.4. The van der Waals surface area contributed by atoms with Gasteiger partial charge in [-0.25, -0.2) is 0 Å². The topological polar surface area (TPSA) is 21.3 Å². The van der Waals surface area contributed by atoms with Crippen LogP contribution in [0.2, 0.25) is 0 Å². The Labute approximate surface area is 124 Å². The molecule has 0 aromatic heterocycles. The number of aryl methyl sites for hydroxylation is 2. The predicted octanol–water partition coefficient (Wildman–Crippen LogP) is 4.58. The van der Waals surface area contributed by atoms with Crippen molar-refractivity contribution in [1.29, 1.82) is 0 Å². The van der Waals surface area contributed by atoms with Gasteiger partial charge in [-0.3, -0.25) is 0 Å². The maximum absolute atomic E-state index is 6.00. The van der Waals surface area contributed by atoms with E-state index in [4.69, 9.17) is 4.74 Å². The lowest BCUT2D eigenvalue weighted by molar-refractivity contribution is -0.130. The summed E-state index contributed by atoms with van der Waals surface area (Å²) in [7, 11) is 0. The molecular formula is C16H22BrNO. The first-order valence-electron chi connectivity index (χ1n) is 7.25. The van der Waals surface area contributed by atoms with Crippen LogP contribution in [0.4, 0.5) is 5.69 Å². The molecule has 1 saturated carbocycles. The van der Waals surface area contributed by atoms with Gasteiger partial charge in [0.1, 0.15) is 0 Å². The van der Waals surface area contributed by atoms with Crippen LogP contribution >= 0.6 is 15.9 Å². The molecule has 2 nitrogen and oxygen atoms in total. The van der Waals surface area contributed by atoms with Crippen LogP contribution in [-0.2, 0) is 4.74 Å². The van der Waals surface area contributed by atoms with Crippen molar-refractivity contribution < 1.29 is 4.74 Å². The molecule has 1 unspecified atom stereocenters. The Balaban J connectivity index is 1.74. The number of hydrogen-bond donors (Lipinski definition) is 1. The molecule has 2 fully saturated rings. The van der Waals surface area contributed by atoms with Gasteiger partial charge in [-0.2, -0.15) is 0 Å². The summed E-state index contributed by atoms with van der Waals surface area (Å²) in [4.78, 5) is 0. The van der Waals surface area contributed by atoms with Gasteiger partial charge in [-0.15, -0.1) is 0 Å². The number of anilines is 1. The van der Waals surface area contributed by atoms with Crippen molar-refractivity contribution in [3.05, 3.63) is 27.7 Å². The van der Waals surface area contributed by atoms with Gasteiger partial charge in [0.25, 0.3) is 0 Å². The molecule has 0 radical (unpaired) electrons. The van der Waals surface area contributed by atoms with Crippen molar-refractivity contribution in [3.63, 3.8) is 0 Å². The SMILES string of the molecule is Cc1cc(Br)cc(C)c1NC1CCOC2(CCC2)C1. The number of benzene rings is 1. The van der Waals surface area contributed by atoms with Gasteiger partial charge in [0.05, 0.1) is 5.60 Å². The highest BCUT2D eigenvalue weighted by molar-refractivity contribution is 9.10. The van der Waals surface area contributed by atoms with E-state index in [0.29, 0.717) is 6.04 Å². The lowest BCUT2D eigenvalue weighted by Gasteiger charge is -2.47. The molecule has 3 rings (SSSR count). The summed E-state index contributed by atoms with van der Waals surface area (Å²) in [5.74, 6) is 0. The highest BCUT2D eigenvalue weighted by Crippen LogP contribution is 2.43. The summed E-state index contributed by atoms with van der Waals surface area (Å²) in [6.45, 7) is 5.27. The molecule has 2 aliphatic rings. The van der Waals surface area contributed by atoms with E-state index < -0.39 is 0 Å². The smallest absolute Gasteiger partial charge is 0.0702 e. The molecule has 1 aliphatic carbocycles. The number of halogens is 1. The van der Waals surface area contributed by atoms with Crippen LogP contribution in [0.25, 0.3) is 0 Å². The Kier molecular flexibility index (Phi) is 3.61. The molecule has 104 valence electrons. The Hall–Kier alpha value is -0.540. The van der Waals surface area contributed by atoms with Gasteiger partial charge >= 0.3 is 0 Å². The van der Waals surface area contributed by atoms with Gasteiger partial charge < -0.3 is 10.1 Å². The average Bonchev–Trinajstić information content (AvgIpc) is 2.32. The quantitative estimate of drug-likeness (QED) is 0.860. The normalized spacial score (nSPS) is 25.1. The van der Waals surface area contributed by atoms with Gasteiger partial charge in [0.15, 0.2) is 0 Å². The molecule has 19 heavy (non-hydrogen) atoms. The first-order valence-corrected chi connectivity index (χ1v) is 8.05. The van der Waals surface area contributed by atoms with Crippen LogP contribution in [0.1, 0.15) is 43.2 Å². The third kappa shape index (κ3) is 2.68. The van der Waals surface area contributed by atoms with Crippen molar-refractivity contribution in [1.82, 2.24) is 0 Å². The van der Waals surface area contributed by atoms with Gasteiger partial charge in [0.2, 0.25) is 0 Å². The van der Waals surface area contributed by atoms with Crippen LogP contribution in [0.15, 0.2) is 16.6 Å². The van der Waals surface area contributed by atoms with E-state index >= 15 is 0 Å². The van der Waals surface area contributed by atoms with Gasteiger partial charge in [-0.1, -0.05) is 15.9 Å². The highest BCUT2D eigenvalue weighted by atomic mass is 79.9. The number of nitrogens with one attached hydrogen (secondary N) is 1. The average molecular weight is 324 g/mol. The number of ether oxygens (including phenoxy) is 1. The van der Waals surface area contributed by atoms with E-state index in [1.807, 2.05) is 0 Å². The van der Waals surface area contributed by atoms with Crippen LogP contribution in [0, 0.1) is 13.8 Å². The van der Waals surface area contributed by atoms with Crippen molar-refractivity contribution in [2.45, 2.75) is 57.6 Å². The maximum Gasteiger partial charge on any atom is 0.0702 e. The third-order valence-electron chi connectivity index (χ3n) is 4.60. The Morgan fingerprint density at radius 3 is 2.53 bits per heavy atom. The highest BCUT2D eigenvalue weighted by Gasteiger charge is 2.42. The number of hydrogen-bond acceptors (Lipinski definition) is 2. The summed E-state index contributed by atoms with van der Waals surface area (Å²) in [5, 5.41) is 3.77. The second-order valence-corrected chi connectivity index (χ2v) is 7.05. The molecule has 1 saturated heterocycles. The van der Waals surface area contributed by atoms with E-state index in [2.05, 4.69) is 47.2 Å². The molecule has 3 heteroatoms. The van der Waals surface area contributed by atoms with E-state index in [0.717, 1.165) is 17.5 Å². The van der Waals surface area contributed by atoms with Crippen LogP contribution in [0.3, 0.4) is 0 Å². The van der Waals surface area contributed by atoms with Crippen molar-refractivity contribution in [2.75, 3.05) is 11.9 Å². The lowest BCUT2D eigenvalue weighted by atomic mass is 9.74. The van der Waals surface area contributed by atoms with Crippen molar-refractivity contribution in [3.8, 4) is 0 Å². The van der Waals surface area contributed by atoms with E-state index in [1.54, 1.807) is 0 Å². The van der Waals surface area contributed by atoms with Crippen molar-refractivity contribution >= 4 is 21.6 Å². The largest absolute Gasteiger partial charge is 0.382 e. The molecule has 0 amide bonds. The Morgan fingerprint density at radius 2 is 1.95 bits per heavy atom. The molecule has 1 aromatic rings. The summed E-state index contributed by atoms with van der Waals surface area (Å²) in [6, 6.07) is 4.94. The molecule has 1 heterocycles. The van der Waals surface area contributed by atoms with Gasteiger partial charge in [-0.05, 0) is 69.2 Å². The predicted molar refractivity (Wildman–Crippen MR) is 82.8 cm³/mol. The van der Waals surface area contributed by atoms with E-state index in [1.165, 1.54) is 42.5 Å². The monoisotopic (exact) mass is 323 g/mol. The minimum atomic E-state index is 0.215. The zero-order chi connectivity index (χ0) is 13.5. The molecular weight excluding hydrogens is 302 g/mol. The molecule has 0 bridgehead atoms. The maximum atomic E-state index is 6.00. The Bertz CT molecular complexity index is 459. The Morgan fingerprint density at radius 1 is 1.26 bits per heavy atom. The van der Waals surface area contributed by atoms with E-state index in [-0.39, 0.29) is 5.60 Å². The minimum absolute atomic E-state index is 0.215. The fourth-order valence-corrected chi connectivity index (χ4v) is 4.10. The second-order valence-electron chi connectivity index (χ2n) is 6.13. The summed E-state index contributed by atoms with van der Waals surface area (Å²) < 4.78 is 7.16. The number of rotatable bonds is 2. The fraction of sp³-hybridized carbons (Fsp3) is 0.625. The van der Waals surface area contributed by atoms with Crippen LogP contribution < -0.4 is 5.32 Å². The van der Waals surface area contributed by atoms with Crippen molar-refractivity contribution in [2.24, 2.45) is 0 Å². The molecule has 1 aliphatic heterocycles. The zero-order valence-electron chi connectivity index (χ0n) is 11.8. The summed E-state index contributed by atoms with van der Waals surface area (Å²) >= 11 is 3.56. The minimum Gasteiger partial charge on any atom is -0.382 e. The fourth-order valence-electron chi connectivity index (χ4n) is 3.41. The first-order chi connectivity index (χ1) is 9.08. The molecule has 1 N–H and O–H groups in total. The summed E-state index contributed by atoms with van der Waals surface area (Å²) in [6.07, 6.45) is 6.13. The zero-order valence-corrected chi connectivity index (χ0v) is 13.3. The molecule has 1 aromatic carbocycles. The third-order valence-corrected chi connectivity index (χ3v) is 5.06. The molecule has 1 atom stereocenters. The molecule has 1 spiro atoms. The van der Waals surface area contributed by atoms with Gasteiger partial charge in [0, 0.05) is 22.8 Å². The van der Waals surface area contributed by atoms with E-state index in [9.17, 15) is 0 Å².